The molecule has 2 heterocycles. The van der Waals surface area contributed by atoms with E-state index >= 15 is 0 Å². The van der Waals surface area contributed by atoms with Crippen molar-refractivity contribution in [2.75, 3.05) is 24.3 Å². The SMILES string of the molecule is CN(C)c1ccc2[nH]c(-c3ccc(NCc4ccc(F)cc4)cc3)nc2n1. The first-order chi connectivity index (χ1) is 13.1. The number of hydrogen-bond donors (Lipinski definition) is 2. The molecule has 5 nitrogen and oxygen atoms in total. The summed E-state index contributed by atoms with van der Waals surface area (Å²) in [5.41, 5.74) is 4.63. The Labute approximate surface area is 156 Å². The van der Waals surface area contributed by atoms with Gasteiger partial charge >= 0.3 is 0 Å². The number of aromatic nitrogens is 3. The van der Waals surface area contributed by atoms with E-state index in [-0.39, 0.29) is 5.82 Å². The number of benzene rings is 2. The second-order valence-electron chi connectivity index (χ2n) is 6.58. The van der Waals surface area contributed by atoms with Crippen molar-refractivity contribution >= 4 is 22.7 Å². The molecule has 0 saturated heterocycles. The molecule has 0 atom stereocenters. The molecule has 0 amide bonds. The molecular formula is C21H20FN5. The van der Waals surface area contributed by atoms with Crippen LogP contribution in [0.5, 0.6) is 0 Å². The number of nitrogens with zero attached hydrogens (tertiary/aromatic N) is 3. The van der Waals surface area contributed by atoms with Crippen LogP contribution in [0, 0.1) is 5.82 Å². The Balaban J connectivity index is 1.49. The molecule has 6 heteroatoms. The van der Waals surface area contributed by atoms with Gasteiger partial charge in [-0.15, -0.1) is 0 Å². The fourth-order valence-corrected chi connectivity index (χ4v) is 2.82. The third-order valence-corrected chi connectivity index (χ3v) is 4.36. The minimum Gasteiger partial charge on any atom is -0.381 e. The van der Waals surface area contributed by atoms with Gasteiger partial charge in [0.2, 0.25) is 0 Å². The summed E-state index contributed by atoms with van der Waals surface area (Å²) >= 11 is 0. The standard InChI is InChI=1S/C21H20FN5/c1-27(2)19-12-11-18-21(25-19)26-20(24-18)15-5-9-17(10-6-15)23-13-14-3-7-16(22)8-4-14/h3-12,23H,13H2,1-2H3,(H,24,25,26). The molecule has 0 unspecified atom stereocenters. The Kier molecular flexibility index (Phi) is 4.46. The molecule has 4 aromatic rings. The molecular weight excluding hydrogens is 341 g/mol. The van der Waals surface area contributed by atoms with E-state index in [1.165, 1.54) is 12.1 Å². The Morgan fingerprint density at radius 3 is 2.37 bits per heavy atom. The van der Waals surface area contributed by atoms with E-state index in [9.17, 15) is 4.39 Å². The van der Waals surface area contributed by atoms with Crippen LogP contribution in [0.1, 0.15) is 5.56 Å². The van der Waals surface area contributed by atoms with Crippen LogP contribution < -0.4 is 10.2 Å². The van der Waals surface area contributed by atoms with Crippen LogP contribution in [0.2, 0.25) is 0 Å². The topological polar surface area (TPSA) is 56.8 Å². The zero-order valence-corrected chi connectivity index (χ0v) is 15.2. The van der Waals surface area contributed by atoms with Crippen molar-refractivity contribution in [3.63, 3.8) is 0 Å². The monoisotopic (exact) mass is 361 g/mol. The maximum Gasteiger partial charge on any atom is 0.180 e. The highest BCUT2D eigenvalue weighted by atomic mass is 19.1. The maximum atomic E-state index is 13.0. The number of H-pyrrole nitrogens is 1. The highest BCUT2D eigenvalue weighted by molar-refractivity contribution is 5.78. The molecule has 0 spiro atoms. The van der Waals surface area contributed by atoms with Crippen molar-refractivity contribution < 1.29 is 4.39 Å². The van der Waals surface area contributed by atoms with Gasteiger partial charge in [-0.3, -0.25) is 0 Å². The third-order valence-electron chi connectivity index (χ3n) is 4.36. The second kappa shape index (κ2) is 7.07. The Hall–Kier alpha value is -3.41. The summed E-state index contributed by atoms with van der Waals surface area (Å²) in [5, 5.41) is 3.33. The van der Waals surface area contributed by atoms with E-state index < -0.39 is 0 Å². The zero-order valence-electron chi connectivity index (χ0n) is 15.2. The minimum absolute atomic E-state index is 0.221. The summed E-state index contributed by atoms with van der Waals surface area (Å²) in [4.78, 5) is 14.4. The van der Waals surface area contributed by atoms with Crippen LogP contribution in [-0.4, -0.2) is 29.0 Å². The predicted octanol–water partition coefficient (Wildman–Crippen LogP) is 4.44. The number of hydrogen-bond acceptors (Lipinski definition) is 4. The van der Waals surface area contributed by atoms with Crippen molar-refractivity contribution in [2.45, 2.75) is 6.54 Å². The molecule has 0 radical (unpaired) electrons. The first-order valence-corrected chi connectivity index (χ1v) is 8.71. The van der Waals surface area contributed by atoms with Crippen molar-refractivity contribution in [3.8, 4) is 11.4 Å². The lowest BCUT2D eigenvalue weighted by Gasteiger charge is -2.09. The molecule has 136 valence electrons. The van der Waals surface area contributed by atoms with Crippen LogP contribution in [0.15, 0.2) is 60.7 Å². The first-order valence-electron chi connectivity index (χ1n) is 8.71. The van der Waals surface area contributed by atoms with Gasteiger partial charge in [-0.2, -0.15) is 0 Å². The largest absolute Gasteiger partial charge is 0.381 e. The molecule has 0 aliphatic carbocycles. The Bertz CT molecular complexity index is 1050. The molecule has 0 saturated carbocycles. The van der Waals surface area contributed by atoms with Crippen molar-refractivity contribution in [1.82, 2.24) is 15.0 Å². The van der Waals surface area contributed by atoms with Crippen molar-refractivity contribution in [3.05, 3.63) is 72.0 Å². The Morgan fingerprint density at radius 2 is 1.67 bits per heavy atom. The molecule has 4 rings (SSSR count). The molecule has 0 bridgehead atoms. The number of anilines is 2. The summed E-state index contributed by atoms with van der Waals surface area (Å²) in [6.45, 7) is 0.640. The number of aromatic amines is 1. The molecule has 27 heavy (non-hydrogen) atoms. The highest BCUT2D eigenvalue weighted by Crippen LogP contribution is 2.23. The molecule has 0 fully saturated rings. The number of fused-ring (bicyclic) bond motifs is 1. The van der Waals surface area contributed by atoms with Crippen LogP contribution in [0.4, 0.5) is 15.9 Å². The number of halogens is 1. The zero-order chi connectivity index (χ0) is 18.8. The van der Waals surface area contributed by atoms with Gasteiger partial charge in [0, 0.05) is 31.9 Å². The van der Waals surface area contributed by atoms with E-state index in [1.807, 2.05) is 55.4 Å². The average molecular weight is 361 g/mol. The Morgan fingerprint density at radius 1 is 0.926 bits per heavy atom. The van der Waals surface area contributed by atoms with Gasteiger partial charge in [0.1, 0.15) is 17.5 Å². The van der Waals surface area contributed by atoms with E-state index in [1.54, 1.807) is 12.1 Å². The van der Waals surface area contributed by atoms with Crippen molar-refractivity contribution in [2.24, 2.45) is 0 Å². The van der Waals surface area contributed by atoms with E-state index in [0.717, 1.165) is 34.0 Å². The van der Waals surface area contributed by atoms with Gasteiger partial charge < -0.3 is 15.2 Å². The van der Waals surface area contributed by atoms with E-state index in [4.69, 9.17) is 0 Å². The number of pyridine rings is 1. The quantitative estimate of drug-likeness (QED) is 0.552. The summed E-state index contributed by atoms with van der Waals surface area (Å²) in [7, 11) is 3.92. The fourth-order valence-electron chi connectivity index (χ4n) is 2.82. The lowest BCUT2D eigenvalue weighted by molar-refractivity contribution is 0.627. The van der Waals surface area contributed by atoms with Crippen LogP contribution >= 0.6 is 0 Å². The third kappa shape index (κ3) is 3.74. The molecule has 2 N–H and O–H groups in total. The van der Waals surface area contributed by atoms with Gasteiger partial charge in [0.05, 0.1) is 5.52 Å². The summed E-state index contributed by atoms with van der Waals surface area (Å²) in [5.74, 6) is 1.44. The second-order valence-corrected chi connectivity index (χ2v) is 6.58. The van der Waals surface area contributed by atoms with Crippen LogP contribution in [0.25, 0.3) is 22.6 Å². The maximum absolute atomic E-state index is 13.0. The average Bonchev–Trinajstić information content (AvgIpc) is 3.11. The van der Waals surface area contributed by atoms with Crippen molar-refractivity contribution in [1.29, 1.82) is 0 Å². The van der Waals surface area contributed by atoms with Crippen LogP contribution in [-0.2, 0) is 6.54 Å². The summed E-state index contributed by atoms with van der Waals surface area (Å²) < 4.78 is 13.0. The molecule has 0 aliphatic rings. The number of rotatable bonds is 5. The number of imidazole rings is 1. The van der Waals surface area contributed by atoms with E-state index in [0.29, 0.717) is 12.2 Å². The minimum atomic E-state index is -0.221. The fraction of sp³-hybridized carbons (Fsp3) is 0.143. The normalized spacial score (nSPS) is 10.9. The summed E-state index contributed by atoms with van der Waals surface area (Å²) in [6, 6.07) is 18.5. The number of nitrogens with one attached hydrogen (secondary N) is 2. The van der Waals surface area contributed by atoms with Gasteiger partial charge in [-0.25, -0.2) is 14.4 Å². The molecule has 0 aliphatic heterocycles. The smallest absolute Gasteiger partial charge is 0.180 e. The van der Waals surface area contributed by atoms with E-state index in [2.05, 4.69) is 20.3 Å². The lowest BCUT2D eigenvalue weighted by Crippen LogP contribution is -2.10. The first kappa shape index (κ1) is 17.0. The molecule has 2 aromatic heterocycles. The summed E-state index contributed by atoms with van der Waals surface area (Å²) in [6.07, 6.45) is 0. The van der Waals surface area contributed by atoms with Gasteiger partial charge in [-0.05, 0) is 54.1 Å². The lowest BCUT2D eigenvalue weighted by atomic mass is 10.2. The van der Waals surface area contributed by atoms with Gasteiger partial charge in [0.15, 0.2) is 5.65 Å². The van der Waals surface area contributed by atoms with Gasteiger partial charge in [0.25, 0.3) is 0 Å². The predicted molar refractivity (Wildman–Crippen MR) is 107 cm³/mol. The van der Waals surface area contributed by atoms with Crippen LogP contribution in [0.3, 0.4) is 0 Å². The molecule has 2 aromatic carbocycles. The highest BCUT2D eigenvalue weighted by Gasteiger charge is 2.08. The van der Waals surface area contributed by atoms with Gasteiger partial charge in [-0.1, -0.05) is 12.1 Å².